The number of nitrogens with two attached hydrogens (primary N) is 1. The Morgan fingerprint density at radius 2 is 2.10 bits per heavy atom. The van der Waals surface area contributed by atoms with Crippen molar-refractivity contribution in [3.63, 3.8) is 0 Å². The van der Waals surface area contributed by atoms with Crippen LogP contribution in [0, 0.1) is 6.92 Å². The zero-order valence-corrected chi connectivity index (χ0v) is 14.2. The molecule has 0 bridgehead atoms. The van der Waals surface area contributed by atoms with E-state index in [9.17, 15) is 13.2 Å². The van der Waals surface area contributed by atoms with Crippen LogP contribution in [-0.2, 0) is 14.8 Å². The number of aryl methyl sites for hydroxylation is 1. The number of carbonyl (C=O) groups excluding carboxylic acids is 1. The summed E-state index contributed by atoms with van der Waals surface area (Å²) in [6.45, 7) is 3.56. The van der Waals surface area contributed by atoms with Crippen molar-refractivity contribution >= 4 is 39.7 Å². The third-order valence-electron chi connectivity index (χ3n) is 2.89. The number of likely N-dealkylation sites (N-methyl/N-ethyl adjacent to an activating group) is 1. The second-order valence-electron chi connectivity index (χ2n) is 4.17. The van der Waals surface area contributed by atoms with E-state index in [1.54, 1.807) is 19.2 Å². The molecule has 116 valence electrons. The number of methoxy groups -OCH3 is 1. The summed E-state index contributed by atoms with van der Waals surface area (Å²) >= 11 is 1.06. The predicted molar refractivity (Wildman–Crippen MR) is 81.1 cm³/mol. The first-order chi connectivity index (χ1) is 8.77. The van der Waals surface area contributed by atoms with Crippen molar-refractivity contribution in [2.75, 3.05) is 20.7 Å². The highest BCUT2D eigenvalue weighted by molar-refractivity contribution is 7.89. The van der Waals surface area contributed by atoms with E-state index < -0.39 is 16.0 Å². The van der Waals surface area contributed by atoms with Crippen LogP contribution in [0.15, 0.2) is 10.3 Å². The highest BCUT2D eigenvalue weighted by Gasteiger charge is 2.32. The number of ether oxygens (including phenoxy) is 1. The first-order valence-corrected chi connectivity index (χ1v) is 7.93. The van der Waals surface area contributed by atoms with E-state index in [-0.39, 0.29) is 34.8 Å². The van der Waals surface area contributed by atoms with Gasteiger partial charge in [0.1, 0.15) is 9.77 Å². The van der Waals surface area contributed by atoms with Crippen molar-refractivity contribution < 1.29 is 17.9 Å². The summed E-state index contributed by atoms with van der Waals surface area (Å²) in [6, 6.07) is -0.352. The van der Waals surface area contributed by atoms with Crippen molar-refractivity contribution in [3.05, 3.63) is 15.8 Å². The average molecular weight is 343 g/mol. The van der Waals surface area contributed by atoms with Gasteiger partial charge in [-0.15, -0.1) is 23.7 Å². The van der Waals surface area contributed by atoms with Crippen LogP contribution in [0.3, 0.4) is 0 Å². The Balaban J connectivity index is 0.00000361. The summed E-state index contributed by atoms with van der Waals surface area (Å²) in [7, 11) is -1.09. The minimum atomic E-state index is -3.76. The molecule has 1 aromatic heterocycles. The Labute approximate surface area is 129 Å². The van der Waals surface area contributed by atoms with Crippen LogP contribution in [0.25, 0.3) is 0 Å². The maximum Gasteiger partial charge on any atom is 0.349 e. The number of hydrogen-bond donors (Lipinski definition) is 1. The van der Waals surface area contributed by atoms with Crippen molar-refractivity contribution in [1.82, 2.24) is 4.31 Å². The summed E-state index contributed by atoms with van der Waals surface area (Å²) in [5.41, 5.74) is 6.02. The fourth-order valence-electron chi connectivity index (χ4n) is 1.52. The Morgan fingerprint density at radius 1 is 1.55 bits per heavy atom. The molecule has 0 saturated carbocycles. The third kappa shape index (κ3) is 3.50. The lowest BCUT2D eigenvalue weighted by atomic mass is 10.3. The van der Waals surface area contributed by atoms with E-state index in [4.69, 9.17) is 5.73 Å². The quantitative estimate of drug-likeness (QED) is 0.813. The molecule has 1 rings (SSSR count). The molecule has 0 spiro atoms. The second kappa shape index (κ2) is 7.37. The molecule has 1 atom stereocenters. The second-order valence-corrected chi connectivity index (χ2v) is 6.99. The molecular formula is C11H19ClN2O4S2. The molecule has 0 aliphatic carbocycles. The Bertz CT molecular complexity index is 571. The summed E-state index contributed by atoms with van der Waals surface area (Å²) in [6.07, 6.45) is 0. The minimum Gasteiger partial charge on any atom is -0.465 e. The summed E-state index contributed by atoms with van der Waals surface area (Å²) in [5, 5.41) is 1.63. The van der Waals surface area contributed by atoms with E-state index in [0.717, 1.165) is 11.3 Å². The Hall–Kier alpha value is -0.670. The molecule has 0 aliphatic rings. The van der Waals surface area contributed by atoms with Gasteiger partial charge in [-0.25, -0.2) is 13.2 Å². The summed E-state index contributed by atoms with van der Waals surface area (Å²) in [4.78, 5) is 11.7. The predicted octanol–water partition coefficient (Wildman–Crippen LogP) is 1.23. The van der Waals surface area contributed by atoms with Crippen molar-refractivity contribution in [2.45, 2.75) is 24.8 Å². The van der Waals surface area contributed by atoms with Crippen LogP contribution in [0.5, 0.6) is 0 Å². The number of esters is 1. The lowest BCUT2D eigenvalue weighted by molar-refractivity contribution is 0.0602. The van der Waals surface area contributed by atoms with Crippen LogP contribution < -0.4 is 5.73 Å². The summed E-state index contributed by atoms with van der Waals surface area (Å²) < 4.78 is 30.8. The molecule has 9 heteroatoms. The molecule has 0 radical (unpaired) electrons. The van der Waals surface area contributed by atoms with Gasteiger partial charge in [-0.3, -0.25) is 0 Å². The van der Waals surface area contributed by atoms with Gasteiger partial charge in [0.05, 0.1) is 7.11 Å². The Morgan fingerprint density at radius 3 is 2.55 bits per heavy atom. The van der Waals surface area contributed by atoms with Gasteiger partial charge in [0.15, 0.2) is 0 Å². The first-order valence-electron chi connectivity index (χ1n) is 5.61. The number of thiophene rings is 1. The summed E-state index contributed by atoms with van der Waals surface area (Å²) in [5.74, 6) is -0.648. The molecule has 1 aromatic rings. The first kappa shape index (κ1) is 19.3. The van der Waals surface area contributed by atoms with Gasteiger partial charge < -0.3 is 10.5 Å². The van der Waals surface area contributed by atoms with Crippen LogP contribution in [0.4, 0.5) is 0 Å². The lowest BCUT2D eigenvalue weighted by Crippen LogP contribution is -2.40. The van der Waals surface area contributed by atoms with Crippen molar-refractivity contribution in [2.24, 2.45) is 5.73 Å². The maximum absolute atomic E-state index is 12.5. The number of sulfonamides is 1. The SMILES string of the molecule is COC(=O)c1scc(C)c1S(=O)(=O)N(C)C(C)CN.Cl. The van der Waals surface area contributed by atoms with Gasteiger partial charge in [0.2, 0.25) is 10.0 Å². The zero-order chi connectivity index (χ0) is 14.8. The number of carbonyl (C=O) groups is 1. The molecule has 6 nitrogen and oxygen atoms in total. The van der Waals surface area contributed by atoms with Crippen LogP contribution in [-0.4, -0.2) is 45.4 Å². The molecule has 0 saturated heterocycles. The standard InChI is InChI=1S/C11H18N2O4S2.ClH/c1-7-6-18-9(11(14)17-4)10(7)19(15,16)13(3)8(2)5-12;/h6,8H,5,12H2,1-4H3;1H. The molecule has 0 amide bonds. The maximum atomic E-state index is 12.5. The Kier molecular flexibility index (Phi) is 7.12. The molecule has 2 N–H and O–H groups in total. The van der Waals surface area contributed by atoms with E-state index >= 15 is 0 Å². The van der Waals surface area contributed by atoms with Gasteiger partial charge in [0, 0.05) is 19.6 Å². The molecule has 20 heavy (non-hydrogen) atoms. The molecule has 1 unspecified atom stereocenters. The average Bonchev–Trinajstić information content (AvgIpc) is 2.78. The highest BCUT2D eigenvalue weighted by Crippen LogP contribution is 2.30. The van der Waals surface area contributed by atoms with Gasteiger partial charge in [-0.1, -0.05) is 0 Å². The van der Waals surface area contributed by atoms with E-state index in [2.05, 4.69) is 4.74 Å². The monoisotopic (exact) mass is 342 g/mol. The van der Waals surface area contributed by atoms with Gasteiger partial charge in [0.25, 0.3) is 0 Å². The number of nitrogens with zero attached hydrogens (tertiary/aromatic N) is 1. The molecular weight excluding hydrogens is 324 g/mol. The molecule has 0 aromatic carbocycles. The number of hydrogen-bond acceptors (Lipinski definition) is 6. The van der Waals surface area contributed by atoms with E-state index in [1.807, 2.05) is 0 Å². The minimum absolute atomic E-state index is 0. The van der Waals surface area contributed by atoms with Gasteiger partial charge >= 0.3 is 5.97 Å². The molecule has 1 heterocycles. The van der Waals surface area contributed by atoms with E-state index in [1.165, 1.54) is 18.5 Å². The smallest absolute Gasteiger partial charge is 0.349 e. The van der Waals surface area contributed by atoms with Crippen molar-refractivity contribution in [1.29, 1.82) is 0 Å². The van der Waals surface area contributed by atoms with Crippen LogP contribution >= 0.6 is 23.7 Å². The largest absolute Gasteiger partial charge is 0.465 e. The van der Waals surface area contributed by atoms with Gasteiger partial charge in [-0.05, 0) is 24.8 Å². The molecule has 0 aliphatic heterocycles. The lowest BCUT2D eigenvalue weighted by Gasteiger charge is -2.23. The van der Waals surface area contributed by atoms with Crippen molar-refractivity contribution in [3.8, 4) is 0 Å². The van der Waals surface area contributed by atoms with E-state index in [0.29, 0.717) is 5.56 Å². The number of rotatable bonds is 5. The number of halogens is 1. The fraction of sp³-hybridized carbons (Fsp3) is 0.545. The fourth-order valence-corrected chi connectivity index (χ4v) is 4.54. The third-order valence-corrected chi connectivity index (χ3v) is 6.25. The topological polar surface area (TPSA) is 89.7 Å². The zero-order valence-electron chi connectivity index (χ0n) is 11.7. The normalized spacial score (nSPS) is 12.9. The van der Waals surface area contributed by atoms with Crippen LogP contribution in [0.2, 0.25) is 0 Å². The molecule has 0 fully saturated rings. The van der Waals surface area contributed by atoms with Crippen LogP contribution in [0.1, 0.15) is 22.2 Å². The highest BCUT2D eigenvalue weighted by atomic mass is 35.5. The van der Waals surface area contributed by atoms with Gasteiger partial charge in [-0.2, -0.15) is 4.31 Å².